The Balaban J connectivity index is 0.585. The Bertz CT molecular complexity index is 2710. The van der Waals surface area contributed by atoms with Crippen LogP contribution >= 0.6 is 0 Å². The van der Waals surface area contributed by atoms with Crippen molar-refractivity contribution in [3.8, 4) is 0 Å². The molecule has 18 rings (SSSR count). The molecule has 3 aromatic carbocycles. The molecule has 3 aromatic rings. The second-order valence-corrected chi connectivity index (χ2v) is 29.6. The number of likely N-dealkylation sites (N-methyl/N-ethyl adjacent to an activating group) is 1. The van der Waals surface area contributed by atoms with Gasteiger partial charge in [-0.1, -0.05) is 78.9 Å². The molecular weight excluding hydrogens is 937 g/mol. The summed E-state index contributed by atoms with van der Waals surface area (Å²) in [7, 11) is 4.34. The van der Waals surface area contributed by atoms with Gasteiger partial charge in [0.25, 0.3) is 0 Å². The fourth-order valence-electron chi connectivity index (χ4n) is 22.6. The maximum Gasteiger partial charge on any atom is 0.228 e. The van der Waals surface area contributed by atoms with Gasteiger partial charge in [-0.15, -0.1) is 0 Å². The molecule has 12 bridgehead atoms. The summed E-state index contributed by atoms with van der Waals surface area (Å²) in [6.45, 7) is 9.50. The summed E-state index contributed by atoms with van der Waals surface area (Å²) in [6, 6.07) is 30.5. The first-order valence-electron chi connectivity index (χ1n) is 31.0. The van der Waals surface area contributed by atoms with Crippen molar-refractivity contribution < 1.29 is 14.4 Å². The average molecular weight is 1030 g/mol. The van der Waals surface area contributed by atoms with Crippen LogP contribution in [0.5, 0.6) is 0 Å². The highest BCUT2D eigenvalue weighted by atomic mass is 16.2. The molecule has 404 valence electrons. The van der Waals surface area contributed by atoms with E-state index in [0.717, 1.165) is 136 Å². The predicted octanol–water partition coefficient (Wildman–Crippen LogP) is 10.1. The van der Waals surface area contributed by atoms with Crippen LogP contribution in [-0.2, 0) is 43.7 Å². The zero-order chi connectivity index (χ0) is 51.2. The van der Waals surface area contributed by atoms with E-state index in [4.69, 9.17) is 0 Å². The van der Waals surface area contributed by atoms with Crippen molar-refractivity contribution in [2.75, 3.05) is 66.5 Å². The monoisotopic (exact) mass is 1020 g/mol. The molecule has 12 aliphatic carbocycles. The molecular formula is C67H88N6O3. The van der Waals surface area contributed by atoms with Crippen LogP contribution in [0.15, 0.2) is 78.9 Å². The zero-order valence-corrected chi connectivity index (χ0v) is 46.3. The van der Waals surface area contributed by atoms with E-state index < -0.39 is 0 Å². The molecule has 9 heteroatoms. The van der Waals surface area contributed by atoms with Gasteiger partial charge in [-0.3, -0.25) is 24.2 Å². The molecule has 0 radical (unpaired) electrons. The minimum atomic E-state index is -0.271. The van der Waals surface area contributed by atoms with Gasteiger partial charge in [0.2, 0.25) is 17.7 Å². The van der Waals surface area contributed by atoms with Gasteiger partial charge in [0.15, 0.2) is 0 Å². The summed E-state index contributed by atoms with van der Waals surface area (Å²) in [5.74, 6) is 5.21. The van der Waals surface area contributed by atoms with Gasteiger partial charge in [-0.2, -0.15) is 0 Å². The fraction of sp³-hybridized carbons (Fsp3) is 0.687. The summed E-state index contributed by atoms with van der Waals surface area (Å²) in [5.41, 5.74) is 7.19. The van der Waals surface area contributed by atoms with Gasteiger partial charge in [0.1, 0.15) is 0 Å². The van der Waals surface area contributed by atoms with Crippen LogP contribution in [0.2, 0.25) is 0 Å². The quantitative estimate of drug-likeness (QED) is 0.195. The van der Waals surface area contributed by atoms with E-state index in [1.165, 1.54) is 85.6 Å². The molecule has 6 atom stereocenters. The zero-order valence-electron chi connectivity index (χ0n) is 46.3. The minimum absolute atomic E-state index is 0.0677. The number of hydrogen-bond donors (Lipinski definition) is 1. The van der Waals surface area contributed by atoms with Gasteiger partial charge < -0.3 is 20.0 Å². The van der Waals surface area contributed by atoms with Crippen LogP contribution in [0.25, 0.3) is 0 Å². The molecule has 1 N–H and O–H groups in total. The van der Waals surface area contributed by atoms with Crippen LogP contribution < -0.4 is 5.32 Å². The Morgan fingerprint density at radius 3 is 1.55 bits per heavy atom. The number of piperazine rings is 1. The van der Waals surface area contributed by atoms with Gasteiger partial charge in [0.05, 0.1) is 22.3 Å². The Kier molecular flexibility index (Phi) is 11.6. The number of nitrogens with one attached hydrogen (secondary N) is 1. The number of carbonyl (C=O) groups excluding carboxylic acids is 3. The topological polar surface area (TPSA) is 79.4 Å². The Morgan fingerprint density at radius 1 is 0.526 bits per heavy atom. The highest BCUT2D eigenvalue weighted by Gasteiger charge is 2.65. The van der Waals surface area contributed by atoms with E-state index in [0.29, 0.717) is 59.3 Å². The van der Waals surface area contributed by atoms with Gasteiger partial charge in [-0.05, 0) is 215 Å². The normalized spacial score (nSPS) is 40.6. The molecule has 3 heterocycles. The number of nitrogens with zero attached hydrogens (tertiary/aromatic N) is 5. The highest BCUT2D eigenvalue weighted by Crippen LogP contribution is 2.69. The largest absolute Gasteiger partial charge is 0.350 e. The minimum Gasteiger partial charge on any atom is -0.350 e. The van der Waals surface area contributed by atoms with Gasteiger partial charge in [-0.25, -0.2) is 0 Å². The maximum atomic E-state index is 15.0. The number of amides is 3. The number of piperidine rings is 1. The van der Waals surface area contributed by atoms with Crippen molar-refractivity contribution in [3.05, 3.63) is 107 Å². The molecule has 76 heavy (non-hydrogen) atoms. The number of hydrogen-bond acceptors (Lipinski definition) is 6. The third kappa shape index (κ3) is 7.99. The lowest BCUT2D eigenvalue weighted by Gasteiger charge is -2.62. The van der Waals surface area contributed by atoms with Crippen LogP contribution in [0, 0.1) is 51.8 Å². The Hall–Kier alpha value is -4.05. The summed E-state index contributed by atoms with van der Waals surface area (Å²) >= 11 is 0. The van der Waals surface area contributed by atoms with Gasteiger partial charge in [0, 0.05) is 78.5 Å². The number of rotatable bonds is 12. The molecule has 3 aliphatic heterocycles. The van der Waals surface area contributed by atoms with E-state index in [2.05, 4.69) is 123 Å². The van der Waals surface area contributed by atoms with Crippen LogP contribution in [0.4, 0.5) is 0 Å². The fourth-order valence-corrected chi connectivity index (χ4v) is 22.6. The van der Waals surface area contributed by atoms with Crippen molar-refractivity contribution in [2.45, 2.75) is 170 Å². The summed E-state index contributed by atoms with van der Waals surface area (Å²) in [6.07, 6.45) is 23.1. The number of benzene rings is 3. The Labute approximate surface area is 454 Å². The first-order chi connectivity index (χ1) is 36.8. The lowest BCUT2D eigenvalue weighted by molar-refractivity contribution is -0.162. The summed E-state index contributed by atoms with van der Waals surface area (Å²) in [4.78, 5) is 56.5. The van der Waals surface area contributed by atoms with Crippen LogP contribution in [0.3, 0.4) is 0 Å². The van der Waals surface area contributed by atoms with Crippen LogP contribution in [-0.4, -0.2) is 121 Å². The molecule has 15 fully saturated rings. The second-order valence-electron chi connectivity index (χ2n) is 29.6. The van der Waals surface area contributed by atoms with E-state index in [9.17, 15) is 14.4 Å². The molecule has 0 aromatic heterocycles. The molecule has 0 spiro atoms. The number of likely N-dealkylation sites (tertiary alicyclic amines) is 2. The summed E-state index contributed by atoms with van der Waals surface area (Å²) < 4.78 is 0. The van der Waals surface area contributed by atoms with Crippen LogP contribution in [0.1, 0.15) is 156 Å². The second kappa shape index (κ2) is 18.0. The summed E-state index contributed by atoms with van der Waals surface area (Å²) in [5, 5.41) is 3.72. The molecule has 12 saturated carbocycles. The highest BCUT2D eigenvalue weighted by molar-refractivity contribution is 5.85. The molecule has 3 amide bonds. The lowest BCUT2D eigenvalue weighted by Crippen LogP contribution is -2.64. The third-order valence-corrected chi connectivity index (χ3v) is 24.4. The maximum absolute atomic E-state index is 15.0. The van der Waals surface area contributed by atoms with E-state index in [1.54, 1.807) is 0 Å². The van der Waals surface area contributed by atoms with E-state index in [-0.39, 0.29) is 38.5 Å². The van der Waals surface area contributed by atoms with Crippen molar-refractivity contribution in [3.63, 3.8) is 0 Å². The predicted molar refractivity (Wildman–Crippen MR) is 298 cm³/mol. The standard InChI is InChI=1S/C67H88N6O3/c1-69-20-22-73(23-21-69)61(76)67-37-50-26-51(38-67)32-64(31-50,45-67)58-15-9-7-11-53(58)40-72-41-55(42-72)68-59(74)65-33-48-25-49(34-65)30-63(29-48,44-65)57-14-8-6-10-52(57)39-71-18-16-56(17-19-71)70(2)60(75)66-35-46-24-47(36-66)28-62(27-46,43-66)54-12-4-3-5-13-54/h3-15,46-51,55-56H,16-45H2,1-2H3,(H,68,74). The van der Waals surface area contributed by atoms with Crippen molar-refractivity contribution in [1.29, 1.82) is 0 Å². The SMILES string of the molecule is CN1CCN(C(=O)C23CC4CC(C2)CC(c2ccccc2CN2CC(NC(=O)C56CC7CC(C5)CC(c5ccccc5CN5CCC(N(C)C(=O)C89CC%10CC(C8)CC(c8ccccc8)(C%10)C9)CC5)(C7)C6)C2)(C4)C3)CC1. The smallest absolute Gasteiger partial charge is 0.228 e. The third-order valence-electron chi connectivity index (χ3n) is 24.4. The molecule has 15 aliphatic rings. The van der Waals surface area contributed by atoms with Crippen molar-refractivity contribution in [1.82, 2.24) is 29.8 Å². The molecule has 3 saturated heterocycles. The molecule has 6 unspecified atom stereocenters. The van der Waals surface area contributed by atoms with E-state index >= 15 is 0 Å². The van der Waals surface area contributed by atoms with Crippen molar-refractivity contribution >= 4 is 17.7 Å². The first kappa shape index (κ1) is 49.0. The van der Waals surface area contributed by atoms with Crippen molar-refractivity contribution in [2.24, 2.45) is 51.8 Å². The first-order valence-corrected chi connectivity index (χ1v) is 31.0. The van der Waals surface area contributed by atoms with Gasteiger partial charge >= 0.3 is 0 Å². The average Bonchev–Trinajstić information content (AvgIpc) is 3.56. The molecule has 9 nitrogen and oxygen atoms in total. The van der Waals surface area contributed by atoms with E-state index in [1.807, 2.05) is 0 Å². The number of carbonyl (C=O) groups is 3. The Morgan fingerprint density at radius 2 is 0.987 bits per heavy atom. The lowest BCUT2D eigenvalue weighted by atomic mass is 9.42.